The maximum absolute atomic E-state index is 6.07. The Bertz CT molecular complexity index is 790. The third-order valence-electron chi connectivity index (χ3n) is 2.98. The number of anilines is 2. The van der Waals surface area contributed by atoms with Crippen LogP contribution in [0, 0.1) is 0 Å². The van der Waals surface area contributed by atoms with Crippen molar-refractivity contribution in [3.63, 3.8) is 0 Å². The fourth-order valence-electron chi connectivity index (χ4n) is 1.86. The average Bonchev–Trinajstić information content (AvgIpc) is 3.10. The number of benzene rings is 2. The molecule has 2 aromatic carbocycles. The molecular formula is C15H12ClN5S2. The van der Waals surface area contributed by atoms with E-state index in [1.165, 1.54) is 11.5 Å². The van der Waals surface area contributed by atoms with Gasteiger partial charge in [0.1, 0.15) is 5.69 Å². The molecule has 0 saturated heterocycles. The van der Waals surface area contributed by atoms with Crippen LogP contribution in [0.3, 0.4) is 0 Å². The second-order valence-electron chi connectivity index (χ2n) is 4.55. The van der Waals surface area contributed by atoms with Gasteiger partial charge in [-0.1, -0.05) is 40.4 Å². The van der Waals surface area contributed by atoms with E-state index in [9.17, 15) is 0 Å². The highest BCUT2D eigenvalue weighted by molar-refractivity contribution is 7.80. The molecule has 0 saturated carbocycles. The molecule has 0 aliphatic carbocycles. The molecule has 0 bridgehead atoms. The van der Waals surface area contributed by atoms with Crippen LogP contribution in [0.15, 0.2) is 53.9 Å². The van der Waals surface area contributed by atoms with Crippen LogP contribution in [0.4, 0.5) is 11.4 Å². The van der Waals surface area contributed by atoms with E-state index >= 15 is 0 Å². The largest absolute Gasteiger partial charge is 0.330 e. The van der Waals surface area contributed by atoms with Crippen molar-refractivity contribution in [2.75, 3.05) is 10.7 Å². The predicted molar refractivity (Wildman–Crippen MR) is 99.8 cm³/mol. The molecule has 1 heterocycles. The zero-order valence-electron chi connectivity index (χ0n) is 11.8. The number of nitrogens with zero attached hydrogens (tertiary/aromatic N) is 2. The molecule has 0 atom stereocenters. The molecule has 23 heavy (non-hydrogen) atoms. The van der Waals surface area contributed by atoms with Crippen LogP contribution < -0.4 is 16.2 Å². The topological polar surface area (TPSA) is 61.9 Å². The van der Waals surface area contributed by atoms with Crippen LogP contribution in [-0.4, -0.2) is 14.7 Å². The van der Waals surface area contributed by atoms with Crippen LogP contribution >= 0.6 is 35.4 Å². The van der Waals surface area contributed by atoms with E-state index in [1.54, 1.807) is 6.07 Å². The standard InChI is InChI=1S/C15H12ClN5S2/c16-12-3-1-2-4-13(12)17-15(22)20-18-11-7-5-10(6-8-11)14-9-23-21-19-14/h1-9,18H,(H2,17,20,22). The van der Waals surface area contributed by atoms with E-state index in [0.29, 0.717) is 10.1 Å². The Labute approximate surface area is 147 Å². The Morgan fingerprint density at radius 1 is 1.09 bits per heavy atom. The number of thiocarbonyl (C=S) groups is 1. The van der Waals surface area contributed by atoms with Crippen LogP contribution in [0.1, 0.15) is 0 Å². The van der Waals surface area contributed by atoms with Gasteiger partial charge in [0, 0.05) is 10.9 Å². The van der Waals surface area contributed by atoms with E-state index in [2.05, 4.69) is 25.8 Å². The quantitative estimate of drug-likeness (QED) is 0.479. The van der Waals surface area contributed by atoms with Gasteiger partial charge in [-0.25, -0.2) is 0 Å². The van der Waals surface area contributed by atoms with E-state index in [4.69, 9.17) is 23.8 Å². The third kappa shape index (κ3) is 4.16. The molecule has 5 nitrogen and oxygen atoms in total. The van der Waals surface area contributed by atoms with Crippen molar-refractivity contribution in [1.29, 1.82) is 0 Å². The number of para-hydroxylation sites is 1. The summed E-state index contributed by atoms with van der Waals surface area (Å²) in [5.41, 5.74) is 9.45. The third-order valence-corrected chi connectivity index (χ3v) is 4.02. The van der Waals surface area contributed by atoms with Crippen LogP contribution in [-0.2, 0) is 0 Å². The lowest BCUT2D eigenvalue weighted by Gasteiger charge is -2.13. The highest BCUT2D eigenvalue weighted by atomic mass is 35.5. The molecule has 0 unspecified atom stereocenters. The van der Waals surface area contributed by atoms with Gasteiger partial charge in [0.05, 0.1) is 16.4 Å². The molecule has 0 aliphatic heterocycles. The second kappa shape index (κ2) is 7.36. The van der Waals surface area contributed by atoms with Gasteiger partial charge >= 0.3 is 0 Å². The number of hydrogen-bond acceptors (Lipinski definition) is 5. The fourth-order valence-corrected chi connectivity index (χ4v) is 2.67. The first-order valence-electron chi connectivity index (χ1n) is 6.67. The molecule has 0 radical (unpaired) electrons. The smallest absolute Gasteiger partial charge is 0.189 e. The van der Waals surface area contributed by atoms with Gasteiger partial charge in [-0.2, -0.15) is 0 Å². The van der Waals surface area contributed by atoms with Gasteiger partial charge in [0.15, 0.2) is 5.11 Å². The summed E-state index contributed by atoms with van der Waals surface area (Å²) in [5.74, 6) is 0. The lowest BCUT2D eigenvalue weighted by molar-refractivity contribution is 1.14. The van der Waals surface area contributed by atoms with Gasteiger partial charge in [-0.05, 0) is 48.0 Å². The Hall–Kier alpha value is -2.22. The van der Waals surface area contributed by atoms with E-state index < -0.39 is 0 Å². The van der Waals surface area contributed by atoms with E-state index in [1.807, 2.05) is 47.8 Å². The Kier molecular flexibility index (Phi) is 5.02. The summed E-state index contributed by atoms with van der Waals surface area (Å²) in [6, 6.07) is 15.2. The first-order chi connectivity index (χ1) is 11.2. The van der Waals surface area contributed by atoms with Crippen LogP contribution in [0.5, 0.6) is 0 Å². The summed E-state index contributed by atoms with van der Waals surface area (Å²) in [5, 5.41) is 10.00. The highest BCUT2D eigenvalue weighted by Crippen LogP contribution is 2.21. The van der Waals surface area contributed by atoms with E-state index in [-0.39, 0.29) is 0 Å². The minimum atomic E-state index is 0.422. The van der Waals surface area contributed by atoms with Gasteiger partial charge in [-0.15, -0.1) is 5.10 Å². The molecular weight excluding hydrogens is 350 g/mol. The lowest BCUT2D eigenvalue weighted by atomic mass is 10.1. The van der Waals surface area contributed by atoms with Gasteiger partial charge < -0.3 is 5.32 Å². The van der Waals surface area contributed by atoms with Gasteiger partial charge in [0.25, 0.3) is 0 Å². The number of hydrogen-bond donors (Lipinski definition) is 3. The SMILES string of the molecule is S=C(NNc1ccc(-c2csnn2)cc1)Nc1ccccc1Cl. The Morgan fingerprint density at radius 2 is 1.87 bits per heavy atom. The van der Waals surface area contributed by atoms with Gasteiger partial charge in [0.2, 0.25) is 0 Å². The van der Waals surface area contributed by atoms with Crippen molar-refractivity contribution in [3.8, 4) is 11.3 Å². The minimum absolute atomic E-state index is 0.422. The molecule has 0 spiro atoms. The maximum atomic E-state index is 6.07. The molecule has 0 amide bonds. The van der Waals surface area contributed by atoms with Crippen molar-refractivity contribution in [2.45, 2.75) is 0 Å². The normalized spacial score (nSPS) is 10.1. The summed E-state index contributed by atoms with van der Waals surface area (Å²) in [6.45, 7) is 0. The van der Waals surface area contributed by atoms with Crippen molar-refractivity contribution in [3.05, 3.63) is 58.9 Å². The van der Waals surface area contributed by atoms with Crippen molar-refractivity contribution >= 4 is 51.8 Å². The fraction of sp³-hybridized carbons (Fsp3) is 0. The zero-order chi connectivity index (χ0) is 16.1. The predicted octanol–water partition coefficient (Wildman–Crippen LogP) is 4.17. The molecule has 3 rings (SSSR count). The maximum Gasteiger partial charge on any atom is 0.189 e. The van der Waals surface area contributed by atoms with Crippen LogP contribution in [0.2, 0.25) is 5.02 Å². The number of nitrogens with one attached hydrogen (secondary N) is 3. The average molecular weight is 362 g/mol. The molecule has 116 valence electrons. The monoisotopic (exact) mass is 361 g/mol. The molecule has 3 N–H and O–H groups in total. The highest BCUT2D eigenvalue weighted by Gasteiger charge is 2.03. The minimum Gasteiger partial charge on any atom is -0.330 e. The molecule has 8 heteroatoms. The van der Waals surface area contributed by atoms with Crippen molar-refractivity contribution < 1.29 is 0 Å². The summed E-state index contributed by atoms with van der Waals surface area (Å²) in [6.07, 6.45) is 0. The Morgan fingerprint density at radius 3 is 2.57 bits per heavy atom. The molecule has 3 aromatic rings. The number of hydrazine groups is 1. The van der Waals surface area contributed by atoms with E-state index in [0.717, 1.165) is 22.6 Å². The van der Waals surface area contributed by atoms with Crippen molar-refractivity contribution in [1.82, 2.24) is 15.0 Å². The summed E-state index contributed by atoms with van der Waals surface area (Å²) in [4.78, 5) is 0. The summed E-state index contributed by atoms with van der Waals surface area (Å²) < 4.78 is 3.86. The summed E-state index contributed by atoms with van der Waals surface area (Å²) in [7, 11) is 0. The number of aromatic nitrogens is 2. The lowest BCUT2D eigenvalue weighted by Crippen LogP contribution is -2.33. The first kappa shape index (κ1) is 15.7. The molecule has 1 aromatic heterocycles. The van der Waals surface area contributed by atoms with Crippen molar-refractivity contribution in [2.24, 2.45) is 0 Å². The second-order valence-corrected chi connectivity index (χ2v) is 5.98. The zero-order valence-corrected chi connectivity index (χ0v) is 14.2. The Balaban J connectivity index is 1.56. The number of rotatable bonds is 4. The van der Waals surface area contributed by atoms with Crippen LogP contribution in [0.25, 0.3) is 11.3 Å². The molecule has 0 aliphatic rings. The molecule has 0 fully saturated rings. The number of halogens is 1. The first-order valence-corrected chi connectivity index (χ1v) is 8.30. The van der Waals surface area contributed by atoms with Gasteiger partial charge in [-0.3, -0.25) is 10.9 Å². The summed E-state index contributed by atoms with van der Waals surface area (Å²) >= 11 is 12.6.